The maximum absolute atomic E-state index is 8.73. The molecule has 0 radical (unpaired) electrons. The molecule has 0 amide bonds. The SMILES string of the molecule is COc1ccnc(CN2CCOC(/C(N)=N/O)C2)c1OC. The number of methoxy groups -OCH3 is 2. The van der Waals surface area contributed by atoms with Crippen LogP contribution >= 0.6 is 0 Å². The molecule has 0 aromatic carbocycles. The lowest BCUT2D eigenvalue weighted by Gasteiger charge is -2.32. The van der Waals surface area contributed by atoms with Gasteiger partial charge in [0.05, 0.1) is 20.8 Å². The van der Waals surface area contributed by atoms with Crippen LogP contribution in [0.4, 0.5) is 0 Å². The van der Waals surface area contributed by atoms with E-state index in [4.69, 9.17) is 25.2 Å². The Morgan fingerprint density at radius 3 is 3.05 bits per heavy atom. The summed E-state index contributed by atoms with van der Waals surface area (Å²) in [5.74, 6) is 1.33. The van der Waals surface area contributed by atoms with E-state index >= 15 is 0 Å². The smallest absolute Gasteiger partial charge is 0.183 e. The summed E-state index contributed by atoms with van der Waals surface area (Å²) < 4.78 is 16.1. The molecule has 1 aromatic rings. The van der Waals surface area contributed by atoms with Crippen LogP contribution in [0.25, 0.3) is 0 Å². The monoisotopic (exact) mass is 296 g/mol. The molecule has 0 saturated carbocycles. The van der Waals surface area contributed by atoms with Crippen molar-refractivity contribution in [2.45, 2.75) is 12.6 Å². The van der Waals surface area contributed by atoms with Crippen LogP contribution in [0.2, 0.25) is 0 Å². The minimum atomic E-state index is -0.416. The lowest BCUT2D eigenvalue weighted by atomic mass is 10.2. The molecule has 3 N–H and O–H groups in total. The number of aromatic nitrogens is 1. The van der Waals surface area contributed by atoms with Crippen LogP contribution in [-0.2, 0) is 11.3 Å². The molecule has 0 aliphatic carbocycles. The number of hydrogen-bond acceptors (Lipinski definition) is 7. The van der Waals surface area contributed by atoms with Crippen molar-refractivity contribution in [3.8, 4) is 11.5 Å². The molecule has 8 nitrogen and oxygen atoms in total. The lowest BCUT2D eigenvalue weighted by Crippen LogP contribution is -2.48. The fraction of sp³-hybridized carbons (Fsp3) is 0.538. The van der Waals surface area contributed by atoms with Gasteiger partial charge in [-0.3, -0.25) is 9.88 Å². The number of pyridine rings is 1. The Labute approximate surface area is 123 Å². The van der Waals surface area contributed by atoms with Crippen molar-refractivity contribution in [1.82, 2.24) is 9.88 Å². The fourth-order valence-electron chi connectivity index (χ4n) is 2.26. The van der Waals surface area contributed by atoms with Gasteiger partial charge in [-0.25, -0.2) is 0 Å². The standard InChI is InChI=1S/C13H20N4O4/c1-19-10-3-4-15-9(12(10)20-2)7-17-5-6-21-11(8-17)13(14)16-18/h3-4,11,18H,5-8H2,1-2H3,(H2,14,16). The molecule has 0 bridgehead atoms. The minimum absolute atomic E-state index is 0.0743. The van der Waals surface area contributed by atoms with Crippen LogP contribution in [-0.4, -0.2) is 60.9 Å². The summed E-state index contributed by atoms with van der Waals surface area (Å²) in [5, 5.41) is 11.7. The second-order valence-electron chi connectivity index (χ2n) is 4.61. The molecule has 1 fully saturated rings. The van der Waals surface area contributed by atoms with E-state index in [0.717, 1.165) is 12.2 Å². The number of nitrogens with two attached hydrogens (primary N) is 1. The van der Waals surface area contributed by atoms with Crippen molar-refractivity contribution in [2.24, 2.45) is 10.9 Å². The van der Waals surface area contributed by atoms with Gasteiger partial charge in [0.1, 0.15) is 11.8 Å². The van der Waals surface area contributed by atoms with Crippen molar-refractivity contribution in [1.29, 1.82) is 0 Å². The number of amidine groups is 1. The molecule has 1 aliphatic heterocycles. The summed E-state index contributed by atoms with van der Waals surface area (Å²) in [5.41, 5.74) is 6.37. The molecule has 21 heavy (non-hydrogen) atoms. The third-order valence-electron chi connectivity index (χ3n) is 3.34. The summed E-state index contributed by atoms with van der Waals surface area (Å²) >= 11 is 0. The van der Waals surface area contributed by atoms with Crippen molar-refractivity contribution < 1.29 is 19.4 Å². The number of oxime groups is 1. The zero-order chi connectivity index (χ0) is 15.2. The Morgan fingerprint density at radius 1 is 1.57 bits per heavy atom. The van der Waals surface area contributed by atoms with E-state index in [1.807, 2.05) is 0 Å². The maximum Gasteiger partial charge on any atom is 0.183 e. The number of nitrogens with zero attached hydrogens (tertiary/aromatic N) is 3. The second-order valence-corrected chi connectivity index (χ2v) is 4.61. The van der Waals surface area contributed by atoms with E-state index in [9.17, 15) is 0 Å². The first kappa shape index (κ1) is 15.3. The average molecular weight is 296 g/mol. The van der Waals surface area contributed by atoms with Crippen LogP contribution < -0.4 is 15.2 Å². The number of hydrogen-bond donors (Lipinski definition) is 2. The summed E-state index contributed by atoms with van der Waals surface area (Å²) in [6, 6.07) is 1.75. The summed E-state index contributed by atoms with van der Waals surface area (Å²) in [7, 11) is 3.17. The van der Waals surface area contributed by atoms with Gasteiger partial charge in [0.2, 0.25) is 0 Å². The maximum atomic E-state index is 8.73. The van der Waals surface area contributed by atoms with Crippen molar-refractivity contribution >= 4 is 5.84 Å². The van der Waals surface area contributed by atoms with E-state index in [2.05, 4.69) is 15.0 Å². The average Bonchev–Trinajstić information content (AvgIpc) is 2.54. The van der Waals surface area contributed by atoms with Crippen molar-refractivity contribution in [3.05, 3.63) is 18.0 Å². The van der Waals surface area contributed by atoms with Crippen LogP contribution in [0.5, 0.6) is 11.5 Å². The Kier molecular flexibility index (Phi) is 5.18. The van der Waals surface area contributed by atoms with Crippen LogP contribution in [0.15, 0.2) is 17.4 Å². The van der Waals surface area contributed by atoms with E-state index in [0.29, 0.717) is 31.2 Å². The Balaban J connectivity index is 2.11. The molecule has 1 saturated heterocycles. The van der Waals surface area contributed by atoms with Gasteiger partial charge in [0.15, 0.2) is 17.3 Å². The Bertz CT molecular complexity index is 509. The van der Waals surface area contributed by atoms with Gasteiger partial charge < -0.3 is 25.2 Å². The minimum Gasteiger partial charge on any atom is -0.493 e. The molecule has 8 heteroatoms. The normalized spacial score (nSPS) is 20.3. The Morgan fingerprint density at radius 2 is 2.38 bits per heavy atom. The zero-order valence-corrected chi connectivity index (χ0v) is 12.2. The van der Waals surface area contributed by atoms with Gasteiger partial charge in [0, 0.05) is 31.9 Å². The summed E-state index contributed by atoms with van der Waals surface area (Å²) in [4.78, 5) is 6.45. The van der Waals surface area contributed by atoms with Crippen molar-refractivity contribution in [3.63, 3.8) is 0 Å². The lowest BCUT2D eigenvalue weighted by molar-refractivity contribution is 0.000694. The van der Waals surface area contributed by atoms with Crippen LogP contribution in [0.3, 0.4) is 0 Å². The highest BCUT2D eigenvalue weighted by atomic mass is 16.5. The molecule has 1 aliphatic rings. The summed E-state index contributed by atoms with van der Waals surface area (Å²) in [6.45, 7) is 2.33. The molecule has 116 valence electrons. The third-order valence-corrected chi connectivity index (χ3v) is 3.34. The van der Waals surface area contributed by atoms with Gasteiger partial charge in [-0.1, -0.05) is 5.16 Å². The highest BCUT2D eigenvalue weighted by molar-refractivity contribution is 5.84. The predicted molar refractivity (Wildman–Crippen MR) is 75.8 cm³/mol. The summed E-state index contributed by atoms with van der Waals surface area (Å²) in [6.07, 6.45) is 1.26. The van der Waals surface area contributed by atoms with E-state index in [-0.39, 0.29) is 5.84 Å². The van der Waals surface area contributed by atoms with E-state index < -0.39 is 6.10 Å². The predicted octanol–water partition coefficient (Wildman–Crippen LogP) is 0.0460. The van der Waals surface area contributed by atoms with Gasteiger partial charge in [-0.15, -0.1) is 0 Å². The van der Waals surface area contributed by atoms with Gasteiger partial charge in [-0.05, 0) is 0 Å². The zero-order valence-electron chi connectivity index (χ0n) is 12.2. The van der Waals surface area contributed by atoms with Gasteiger partial charge in [0.25, 0.3) is 0 Å². The number of rotatable bonds is 5. The first-order chi connectivity index (χ1) is 10.2. The molecular weight excluding hydrogens is 276 g/mol. The molecule has 2 rings (SSSR count). The van der Waals surface area contributed by atoms with E-state index in [1.54, 1.807) is 26.5 Å². The number of ether oxygens (including phenoxy) is 3. The second kappa shape index (κ2) is 7.09. The third kappa shape index (κ3) is 3.53. The Hall–Kier alpha value is -2.06. The van der Waals surface area contributed by atoms with Crippen molar-refractivity contribution in [2.75, 3.05) is 33.9 Å². The van der Waals surface area contributed by atoms with Crippen LogP contribution in [0.1, 0.15) is 5.69 Å². The van der Waals surface area contributed by atoms with Gasteiger partial charge >= 0.3 is 0 Å². The molecule has 1 atom stereocenters. The fourth-order valence-corrected chi connectivity index (χ4v) is 2.26. The topological polar surface area (TPSA) is 102 Å². The van der Waals surface area contributed by atoms with Gasteiger partial charge in [-0.2, -0.15) is 0 Å². The largest absolute Gasteiger partial charge is 0.493 e. The molecule has 2 heterocycles. The molecule has 1 unspecified atom stereocenters. The molecule has 1 aromatic heterocycles. The quantitative estimate of drug-likeness (QED) is 0.342. The molecular formula is C13H20N4O4. The van der Waals surface area contributed by atoms with E-state index in [1.165, 1.54) is 0 Å². The highest BCUT2D eigenvalue weighted by Crippen LogP contribution is 2.30. The first-order valence-corrected chi connectivity index (χ1v) is 6.56. The molecule has 0 spiro atoms. The number of morpholine rings is 1. The highest BCUT2D eigenvalue weighted by Gasteiger charge is 2.25. The first-order valence-electron chi connectivity index (χ1n) is 6.56. The van der Waals surface area contributed by atoms with Crippen LogP contribution in [0, 0.1) is 0 Å².